The molecule has 0 aromatic carbocycles. The maximum atomic E-state index is 12.1. The molecule has 5 nitrogen and oxygen atoms in total. The van der Waals surface area contributed by atoms with E-state index >= 15 is 0 Å². The number of nitrogens with one attached hydrogen (secondary N) is 1. The molecule has 0 fully saturated rings. The van der Waals surface area contributed by atoms with Gasteiger partial charge in [-0.2, -0.15) is 10.5 Å². The normalized spacial score (nSPS) is 12.4. The number of sulfonamides is 1. The molecule has 0 aliphatic carbocycles. The van der Waals surface area contributed by atoms with Gasteiger partial charge in [0.15, 0.2) is 5.25 Å². The van der Waals surface area contributed by atoms with Crippen molar-refractivity contribution in [2.24, 2.45) is 0 Å². The molecule has 0 aliphatic rings. The minimum Gasteiger partial charge on any atom is -0.214 e. The van der Waals surface area contributed by atoms with Crippen LogP contribution in [0.4, 0.5) is 0 Å². The molecule has 0 saturated heterocycles. The maximum absolute atomic E-state index is 12.1. The summed E-state index contributed by atoms with van der Waals surface area (Å²) in [6.07, 6.45) is 13.6. The van der Waals surface area contributed by atoms with E-state index in [4.69, 9.17) is 10.5 Å². The molecule has 144 valence electrons. The summed E-state index contributed by atoms with van der Waals surface area (Å²) in [5.74, 6) is 0. The lowest BCUT2D eigenvalue weighted by Gasteiger charge is -2.11. The Morgan fingerprint density at radius 3 is 1.96 bits per heavy atom. The van der Waals surface area contributed by atoms with Crippen molar-refractivity contribution in [3.05, 3.63) is 0 Å². The largest absolute Gasteiger partial charge is 0.227 e. The molecule has 0 radical (unpaired) electrons. The first kappa shape index (κ1) is 23.9. The van der Waals surface area contributed by atoms with Crippen molar-refractivity contribution in [2.75, 3.05) is 6.54 Å². The topological polar surface area (TPSA) is 93.8 Å². The minimum atomic E-state index is -3.51. The van der Waals surface area contributed by atoms with Crippen LogP contribution >= 0.6 is 0 Å². The zero-order valence-corrected chi connectivity index (χ0v) is 16.6. The smallest absolute Gasteiger partial charge is 0.214 e. The lowest BCUT2D eigenvalue weighted by atomic mass is 10.1. The van der Waals surface area contributed by atoms with E-state index < -0.39 is 15.3 Å². The highest BCUT2D eigenvalue weighted by Gasteiger charge is 2.23. The predicted octanol–water partition coefficient (Wildman–Crippen LogP) is 4.80. The molecule has 25 heavy (non-hydrogen) atoms. The van der Waals surface area contributed by atoms with E-state index in [1.54, 1.807) is 0 Å². The average Bonchev–Trinajstić information content (AvgIpc) is 2.59. The van der Waals surface area contributed by atoms with Gasteiger partial charge in [-0.05, 0) is 19.3 Å². The summed E-state index contributed by atoms with van der Waals surface area (Å²) in [5, 5.41) is 16.6. The quantitative estimate of drug-likeness (QED) is 0.372. The second-order valence-electron chi connectivity index (χ2n) is 6.64. The summed E-state index contributed by atoms with van der Waals surface area (Å²) in [6, 6.07) is 4.10. The Hall–Kier alpha value is -1.11. The fraction of sp³-hybridized carbons (Fsp3) is 0.895. The van der Waals surface area contributed by atoms with E-state index in [0.717, 1.165) is 64.2 Å². The van der Waals surface area contributed by atoms with Crippen molar-refractivity contribution >= 4 is 10.0 Å². The van der Waals surface area contributed by atoms with Crippen LogP contribution in [-0.2, 0) is 10.0 Å². The Balaban J connectivity index is 3.70. The van der Waals surface area contributed by atoms with Crippen molar-refractivity contribution in [1.82, 2.24) is 4.72 Å². The zero-order valence-electron chi connectivity index (χ0n) is 15.8. The van der Waals surface area contributed by atoms with Crippen LogP contribution in [0.15, 0.2) is 0 Å². The van der Waals surface area contributed by atoms with Gasteiger partial charge >= 0.3 is 0 Å². The van der Waals surface area contributed by atoms with Crippen molar-refractivity contribution in [3.63, 3.8) is 0 Å². The first-order valence-corrected chi connectivity index (χ1v) is 11.4. The first-order chi connectivity index (χ1) is 12.1. The van der Waals surface area contributed by atoms with Gasteiger partial charge in [0.2, 0.25) is 10.0 Å². The lowest BCUT2D eigenvalue weighted by Crippen LogP contribution is -2.34. The van der Waals surface area contributed by atoms with E-state index in [1.807, 2.05) is 6.07 Å². The summed E-state index contributed by atoms with van der Waals surface area (Å²) in [4.78, 5) is 0. The van der Waals surface area contributed by atoms with Crippen LogP contribution in [0.5, 0.6) is 0 Å². The lowest BCUT2D eigenvalue weighted by molar-refractivity contribution is 0.547. The van der Waals surface area contributed by atoms with Crippen molar-refractivity contribution in [1.29, 1.82) is 10.5 Å². The summed E-state index contributed by atoms with van der Waals surface area (Å²) < 4.78 is 26.9. The van der Waals surface area contributed by atoms with Crippen molar-refractivity contribution in [2.45, 2.75) is 102 Å². The summed E-state index contributed by atoms with van der Waals surface area (Å²) >= 11 is 0. The standard InChI is InChI=1S/C19H35N3O2S/c1-2-3-4-12-15-19(18-21)25(23,24)22-17-14-11-9-7-5-6-8-10-13-16-20/h19,22H,2-15,17H2,1H3. The molecule has 0 aliphatic heterocycles. The Morgan fingerprint density at radius 2 is 1.40 bits per heavy atom. The van der Waals surface area contributed by atoms with E-state index in [0.29, 0.717) is 19.4 Å². The third kappa shape index (κ3) is 13.8. The molecule has 6 heteroatoms. The van der Waals surface area contributed by atoms with Gasteiger partial charge in [0.25, 0.3) is 0 Å². The van der Waals surface area contributed by atoms with Crippen molar-refractivity contribution < 1.29 is 8.42 Å². The van der Waals surface area contributed by atoms with E-state index in [1.165, 1.54) is 12.8 Å². The van der Waals surface area contributed by atoms with Gasteiger partial charge < -0.3 is 0 Å². The SMILES string of the molecule is CCCCCCC(C#N)S(=O)(=O)NCCCCCCCCCCC#N. The molecule has 0 amide bonds. The van der Waals surface area contributed by atoms with Gasteiger partial charge in [-0.1, -0.05) is 71.1 Å². The molecule has 0 aromatic heterocycles. The highest BCUT2D eigenvalue weighted by molar-refractivity contribution is 7.90. The second-order valence-corrected chi connectivity index (χ2v) is 8.59. The molecule has 1 unspecified atom stereocenters. The van der Waals surface area contributed by atoms with Gasteiger partial charge in [0.1, 0.15) is 0 Å². The van der Waals surface area contributed by atoms with Gasteiger partial charge in [-0.25, -0.2) is 13.1 Å². The summed E-state index contributed by atoms with van der Waals surface area (Å²) in [6.45, 7) is 2.53. The van der Waals surface area contributed by atoms with Crippen LogP contribution < -0.4 is 4.72 Å². The van der Waals surface area contributed by atoms with Crippen LogP contribution in [0.2, 0.25) is 0 Å². The summed E-state index contributed by atoms with van der Waals surface area (Å²) in [7, 11) is -3.51. The molecule has 0 bridgehead atoms. The Kier molecular flexibility index (Phi) is 15.6. The zero-order chi connectivity index (χ0) is 18.8. The van der Waals surface area contributed by atoms with Gasteiger partial charge in [0, 0.05) is 13.0 Å². The Morgan fingerprint density at radius 1 is 0.840 bits per heavy atom. The molecule has 1 N–H and O–H groups in total. The average molecular weight is 370 g/mol. The number of unbranched alkanes of at least 4 members (excludes halogenated alkanes) is 11. The molecule has 0 spiro atoms. The van der Waals surface area contributed by atoms with Crippen LogP contribution in [0.25, 0.3) is 0 Å². The number of nitrogens with zero attached hydrogens (tertiary/aromatic N) is 2. The number of hydrogen-bond donors (Lipinski definition) is 1. The monoisotopic (exact) mass is 369 g/mol. The molecule has 0 saturated carbocycles. The molecule has 0 rings (SSSR count). The fourth-order valence-corrected chi connectivity index (χ4v) is 4.00. The number of nitriles is 2. The van der Waals surface area contributed by atoms with Crippen LogP contribution in [0.3, 0.4) is 0 Å². The number of rotatable bonds is 17. The fourth-order valence-electron chi connectivity index (χ4n) is 2.75. The molecule has 0 aromatic rings. The second kappa shape index (κ2) is 16.4. The summed E-state index contributed by atoms with van der Waals surface area (Å²) in [5.41, 5.74) is 0. The van der Waals surface area contributed by atoms with Crippen LogP contribution in [0.1, 0.15) is 96.8 Å². The Bertz CT molecular complexity index is 492. The Labute approximate surface area is 154 Å². The third-order valence-corrected chi connectivity index (χ3v) is 6.05. The molecular weight excluding hydrogens is 334 g/mol. The maximum Gasteiger partial charge on any atom is 0.227 e. The van der Waals surface area contributed by atoms with E-state index in [9.17, 15) is 8.42 Å². The molecular formula is C19H35N3O2S. The van der Waals surface area contributed by atoms with Gasteiger partial charge in [-0.3, -0.25) is 0 Å². The van der Waals surface area contributed by atoms with Crippen LogP contribution in [-0.4, -0.2) is 20.2 Å². The van der Waals surface area contributed by atoms with Gasteiger partial charge in [0.05, 0.1) is 12.1 Å². The van der Waals surface area contributed by atoms with E-state index in [2.05, 4.69) is 17.7 Å². The predicted molar refractivity (Wildman–Crippen MR) is 102 cm³/mol. The molecule has 0 heterocycles. The minimum absolute atomic E-state index is 0.428. The van der Waals surface area contributed by atoms with Crippen LogP contribution in [0, 0.1) is 22.7 Å². The number of hydrogen-bond acceptors (Lipinski definition) is 4. The third-order valence-electron chi connectivity index (χ3n) is 4.36. The highest BCUT2D eigenvalue weighted by Crippen LogP contribution is 2.12. The van der Waals surface area contributed by atoms with Crippen molar-refractivity contribution in [3.8, 4) is 12.1 Å². The first-order valence-electron chi connectivity index (χ1n) is 9.83. The van der Waals surface area contributed by atoms with E-state index in [-0.39, 0.29) is 0 Å². The van der Waals surface area contributed by atoms with Gasteiger partial charge in [-0.15, -0.1) is 0 Å². The highest BCUT2D eigenvalue weighted by atomic mass is 32.2. The molecule has 1 atom stereocenters.